The van der Waals surface area contributed by atoms with Gasteiger partial charge in [-0.2, -0.15) is 0 Å². The number of carbonyl (C=O) groups excluding carboxylic acids is 5. The molecule has 0 radical (unpaired) electrons. The molecular formula is C49H62N6O10. The number of nitrogens with zero attached hydrogens (tertiary/aromatic N) is 3. The zero-order valence-electron chi connectivity index (χ0n) is 37.5. The molecule has 0 aliphatic carbocycles. The Morgan fingerprint density at radius 2 is 1.51 bits per heavy atom. The van der Waals surface area contributed by atoms with E-state index in [1.807, 2.05) is 55.5 Å². The normalized spacial score (nSPS) is 18.1. The summed E-state index contributed by atoms with van der Waals surface area (Å²) < 4.78 is 26.6. The van der Waals surface area contributed by atoms with Crippen LogP contribution in [0.2, 0.25) is 0 Å². The maximum Gasteiger partial charge on any atom is 0.329 e. The van der Waals surface area contributed by atoms with E-state index in [4.69, 9.17) is 24.7 Å². The highest BCUT2D eigenvalue weighted by atomic mass is 16.5. The van der Waals surface area contributed by atoms with Crippen molar-refractivity contribution in [1.82, 2.24) is 19.8 Å². The van der Waals surface area contributed by atoms with Gasteiger partial charge in [0.1, 0.15) is 12.1 Å². The first-order valence-electron chi connectivity index (χ1n) is 23.0. The number of amides is 5. The Hall–Kier alpha value is -5.68. The molecule has 1 unspecified atom stereocenters. The number of fused-ring (bicyclic) bond motifs is 1. The van der Waals surface area contributed by atoms with Crippen molar-refractivity contribution in [2.45, 2.75) is 115 Å². The van der Waals surface area contributed by atoms with Gasteiger partial charge in [0, 0.05) is 45.9 Å². The van der Waals surface area contributed by atoms with Gasteiger partial charge >= 0.3 is 5.69 Å². The zero-order chi connectivity index (χ0) is 45.9. The third-order valence-electron chi connectivity index (χ3n) is 12.6. The van der Waals surface area contributed by atoms with Gasteiger partial charge in [-0.3, -0.25) is 43.3 Å². The van der Waals surface area contributed by atoms with Crippen molar-refractivity contribution in [1.29, 1.82) is 0 Å². The van der Waals surface area contributed by atoms with E-state index >= 15 is 0 Å². The van der Waals surface area contributed by atoms with Crippen LogP contribution in [0.4, 0.5) is 5.69 Å². The summed E-state index contributed by atoms with van der Waals surface area (Å²) in [6.45, 7) is 5.22. The maximum atomic E-state index is 13.8. The number of imidazole rings is 1. The predicted molar refractivity (Wildman–Crippen MR) is 243 cm³/mol. The van der Waals surface area contributed by atoms with Gasteiger partial charge in [0.15, 0.2) is 0 Å². The zero-order valence-corrected chi connectivity index (χ0v) is 37.5. The third kappa shape index (κ3) is 11.8. The lowest BCUT2D eigenvalue weighted by atomic mass is 10.0. The largest absolute Gasteiger partial charge is 0.379 e. The fourth-order valence-electron chi connectivity index (χ4n) is 9.22. The molecule has 7 rings (SSSR count). The van der Waals surface area contributed by atoms with E-state index in [0.717, 1.165) is 65.6 Å². The molecule has 3 aliphatic rings. The Balaban J connectivity index is 0.749. The Kier molecular flexibility index (Phi) is 16.4. The van der Waals surface area contributed by atoms with Gasteiger partial charge in [0.05, 0.1) is 61.9 Å². The fourth-order valence-corrected chi connectivity index (χ4v) is 9.22. The standard InChI is InChI=1S/C49H62N6O10/c1-32(38(20-22-42(50)56)51-48(60)41-30-37-12-3-9-35-11-5-15-44(58)55(41)45(35)37)65-31-34-18-16-33(17-19-34)8-6-24-62-26-28-64-29-27-63-25-7-13-36-10-4-14-39-46(36)53(2)49(61)54(39)40-21-23-43(57)52-47(40)59/h3-4,9-10,12,14,16-19,32,38,40-41H,5-8,11,13,15,20-31H2,1-2H3,(H2,50,56)(H,51,60)(H,52,57,59)/t32-,38+,40?,41+/m0/s1. The number of imide groups is 1. The van der Waals surface area contributed by atoms with Crippen molar-refractivity contribution in [3.63, 3.8) is 0 Å². The Bertz CT molecular complexity index is 2390. The van der Waals surface area contributed by atoms with E-state index < -0.39 is 36.0 Å². The van der Waals surface area contributed by atoms with Crippen LogP contribution in [0.5, 0.6) is 0 Å². The summed E-state index contributed by atoms with van der Waals surface area (Å²) in [6.07, 6.45) is 6.07. The van der Waals surface area contributed by atoms with Crippen LogP contribution < -0.4 is 27.0 Å². The van der Waals surface area contributed by atoms with E-state index in [0.29, 0.717) is 83.9 Å². The van der Waals surface area contributed by atoms with Gasteiger partial charge in [0.2, 0.25) is 29.5 Å². The van der Waals surface area contributed by atoms with Crippen molar-refractivity contribution < 1.29 is 42.9 Å². The molecule has 3 aromatic carbocycles. The van der Waals surface area contributed by atoms with Crippen molar-refractivity contribution in [3.8, 4) is 0 Å². The van der Waals surface area contributed by atoms with Gasteiger partial charge in [-0.1, -0.05) is 54.6 Å². The van der Waals surface area contributed by atoms with E-state index in [-0.39, 0.29) is 36.3 Å². The average molecular weight is 895 g/mol. The topological polar surface area (TPSA) is 203 Å². The third-order valence-corrected chi connectivity index (χ3v) is 12.6. The maximum absolute atomic E-state index is 13.8. The molecule has 0 saturated carbocycles. The number of hydrogen-bond acceptors (Lipinski definition) is 10. The van der Waals surface area contributed by atoms with Crippen LogP contribution in [0.3, 0.4) is 0 Å². The molecule has 65 heavy (non-hydrogen) atoms. The summed E-state index contributed by atoms with van der Waals surface area (Å²) in [5.74, 6) is -1.51. The summed E-state index contributed by atoms with van der Waals surface area (Å²) in [5, 5.41) is 5.46. The number of anilines is 1. The molecule has 1 fully saturated rings. The molecule has 1 aromatic heterocycles. The number of primary amides is 1. The van der Waals surface area contributed by atoms with Crippen LogP contribution >= 0.6 is 0 Å². The van der Waals surface area contributed by atoms with Gasteiger partial charge in [-0.25, -0.2) is 4.79 Å². The molecule has 4 aromatic rings. The van der Waals surface area contributed by atoms with Gasteiger partial charge in [0.25, 0.3) is 0 Å². The molecular weight excluding hydrogens is 833 g/mol. The Labute approximate surface area is 379 Å². The quantitative estimate of drug-likeness (QED) is 0.0685. The van der Waals surface area contributed by atoms with Crippen LogP contribution in [0.15, 0.2) is 65.5 Å². The Morgan fingerprint density at radius 3 is 2.23 bits per heavy atom. The summed E-state index contributed by atoms with van der Waals surface area (Å²) >= 11 is 0. The number of para-hydroxylation sites is 2. The molecule has 1 saturated heterocycles. The molecule has 0 bridgehead atoms. The summed E-state index contributed by atoms with van der Waals surface area (Å²) in [5.41, 5.74) is 12.8. The smallest absolute Gasteiger partial charge is 0.329 e. The number of aromatic nitrogens is 2. The second kappa shape index (κ2) is 22.5. The van der Waals surface area contributed by atoms with Crippen molar-refractivity contribution >= 4 is 46.3 Å². The molecule has 3 aliphatic heterocycles. The highest BCUT2D eigenvalue weighted by Crippen LogP contribution is 2.39. The lowest BCUT2D eigenvalue weighted by Gasteiger charge is -2.29. The number of nitrogens with two attached hydrogens (primary N) is 1. The van der Waals surface area contributed by atoms with Crippen LogP contribution in [-0.4, -0.2) is 96.5 Å². The first kappa shape index (κ1) is 47.3. The first-order chi connectivity index (χ1) is 31.5. The summed E-state index contributed by atoms with van der Waals surface area (Å²) in [6, 6.07) is 18.1. The molecule has 16 heteroatoms. The van der Waals surface area contributed by atoms with Crippen LogP contribution in [0.25, 0.3) is 11.0 Å². The Morgan fingerprint density at radius 1 is 0.831 bits per heavy atom. The molecule has 348 valence electrons. The number of piperidine rings is 1. The van der Waals surface area contributed by atoms with E-state index in [1.54, 1.807) is 16.5 Å². The lowest BCUT2D eigenvalue weighted by Crippen LogP contribution is -2.53. The molecule has 0 spiro atoms. The van der Waals surface area contributed by atoms with Crippen molar-refractivity contribution in [3.05, 3.63) is 99.0 Å². The van der Waals surface area contributed by atoms with Crippen molar-refractivity contribution in [2.24, 2.45) is 12.8 Å². The summed E-state index contributed by atoms with van der Waals surface area (Å²) in [4.78, 5) is 77.7. The van der Waals surface area contributed by atoms with E-state index in [2.05, 4.69) is 22.8 Å². The summed E-state index contributed by atoms with van der Waals surface area (Å²) in [7, 11) is 1.71. The average Bonchev–Trinajstić information content (AvgIpc) is 3.75. The van der Waals surface area contributed by atoms with Crippen LogP contribution in [0.1, 0.15) is 92.1 Å². The number of aryl methyl sites for hydroxylation is 4. The number of nitrogens with one attached hydrogen (secondary N) is 2. The number of carbonyl (C=O) groups is 5. The minimum absolute atomic E-state index is 0.0380. The monoisotopic (exact) mass is 894 g/mol. The first-order valence-corrected chi connectivity index (χ1v) is 23.0. The van der Waals surface area contributed by atoms with Crippen LogP contribution in [-0.2, 0) is 82.3 Å². The second-order valence-corrected chi connectivity index (χ2v) is 17.2. The minimum Gasteiger partial charge on any atom is -0.379 e. The van der Waals surface area contributed by atoms with E-state index in [9.17, 15) is 28.8 Å². The lowest BCUT2D eigenvalue weighted by molar-refractivity contribution is -0.135. The molecule has 5 amide bonds. The molecule has 16 nitrogen and oxygen atoms in total. The van der Waals surface area contributed by atoms with E-state index in [1.165, 1.54) is 10.1 Å². The highest BCUT2D eigenvalue weighted by Gasteiger charge is 2.41. The molecule has 4 N–H and O–H groups in total. The SMILES string of the molecule is C[C@H](OCc1ccc(CCCOCCOCCOCCCc2cccc3c2n(C)c(=O)n3C2CCC(=O)NC2=O)cc1)[C@@H](CCC(N)=O)NC(=O)[C@H]1Cc2cccc3c2N1C(=O)CCC3. The number of rotatable bonds is 24. The van der Waals surface area contributed by atoms with Gasteiger partial charge in [-0.05, 0) is 92.2 Å². The fraction of sp³-hybridized carbons (Fsp3) is 0.510. The number of ether oxygens (including phenoxy) is 4. The minimum atomic E-state index is -0.712. The second-order valence-electron chi connectivity index (χ2n) is 17.2. The molecule has 4 atom stereocenters. The highest BCUT2D eigenvalue weighted by molar-refractivity contribution is 6.05. The van der Waals surface area contributed by atoms with Crippen LogP contribution in [0, 0.1) is 0 Å². The van der Waals surface area contributed by atoms with Gasteiger partial charge in [-0.15, -0.1) is 0 Å². The van der Waals surface area contributed by atoms with Gasteiger partial charge < -0.3 is 30.0 Å². The number of hydrogen-bond donors (Lipinski definition) is 3. The van der Waals surface area contributed by atoms with Crippen molar-refractivity contribution in [2.75, 3.05) is 44.5 Å². The predicted octanol–water partition coefficient (Wildman–Crippen LogP) is 3.88. The number of benzene rings is 3. The molecule has 4 heterocycles.